The van der Waals surface area contributed by atoms with Gasteiger partial charge >= 0.3 is 0 Å². The fraction of sp³-hybridized carbons (Fsp3) is 0.250. The fourth-order valence-corrected chi connectivity index (χ4v) is 12.5. The van der Waals surface area contributed by atoms with Crippen LogP contribution in [0.4, 0.5) is 39.3 Å². The van der Waals surface area contributed by atoms with Crippen LogP contribution in [0.25, 0.3) is 27.5 Å². The Bertz CT molecular complexity index is 4200. The maximum atomic E-state index is 13.2. The van der Waals surface area contributed by atoms with Crippen LogP contribution in [0.2, 0.25) is 0 Å². The number of thioether (sulfide) groups is 1. The Kier molecular flexibility index (Phi) is 16.9. The standard InChI is InChI=1S/C40H38N12O18S7/c1-21-24(20-41)37-42-25-7-3-4-8-29(25)52(37)38(54)33(21)46-43-26-10-9-22-23(36(26)77(67,68)69)17-32(76(64,65)66)34(35(22)53)47-44-27-19-31(70-2)28(45-48-39-49-50-40(72-39)71-13-16-75(61,62)63)18-30(27)51(11-5-14-73(55,56)57)12-6-15-74(58,59)60/h3-4,7-10,17-19,53-54H,5-6,11-16H2,1-2H3,(H,55,56,57)(H,58,59,60)(H,61,62,63)(H,64,65,66)(H,67,68,69). The number of hydrogen-bond acceptors (Lipinski definition) is 26. The second-order valence-corrected chi connectivity index (χ2v) is 25.7. The highest BCUT2D eigenvalue weighted by molar-refractivity contribution is 8.01. The van der Waals surface area contributed by atoms with E-state index >= 15 is 0 Å². The van der Waals surface area contributed by atoms with Crippen molar-refractivity contribution in [2.75, 3.05) is 48.1 Å². The number of phenolic OH excluding ortho intramolecular Hbond substituents is 1. The van der Waals surface area contributed by atoms with Crippen molar-refractivity contribution < 1.29 is 79.8 Å². The number of nitriles is 1. The van der Waals surface area contributed by atoms with E-state index < -0.39 is 111 Å². The second-order valence-electron chi connectivity index (χ2n) is 15.9. The highest BCUT2D eigenvalue weighted by Crippen LogP contribution is 2.48. The normalized spacial score (nSPS) is 13.0. The molecule has 7 aromatic rings. The molecule has 0 aliphatic rings. The number of pyridine rings is 1. The molecular weight excluding hydrogens is 1160 g/mol. The predicted octanol–water partition coefficient (Wildman–Crippen LogP) is 7.17. The number of benzene rings is 4. The average molecular weight is 1200 g/mol. The summed E-state index contributed by atoms with van der Waals surface area (Å²) in [6.07, 6.45) is -0.663. The first-order chi connectivity index (χ1) is 36.0. The monoisotopic (exact) mass is 1200 g/mol. The number of para-hydroxylation sites is 2. The van der Waals surface area contributed by atoms with E-state index in [1.807, 2.05) is 6.07 Å². The molecule has 4 aromatic carbocycles. The van der Waals surface area contributed by atoms with E-state index in [1.165, 1.54) is 29.4 Å². The summed E-state index contributed by atoms with van der Waals surface area (Å²) in [6, 6.07) is 13.3. The quantitative estimate of drug-likeness (QED) is 0.0201. The zero-order valence-corrected chi connectivity index (χ0v) is 44.9. The van der Waals surface area contributed by atoms with Crippen molar-refractivity contribution in [3.63, 3.8) is 0 Å². The zero-order chi connectivity index (χ0) is 56.4. The van der Waals surface area contributed by atoms with E-state index in [4.69, 9.17) is 9.29 Å². The SMILES string of the molecule is COc1cc(N=Nc2c(S(=O)(=O)O)cc3c(S(=O)(=O)O)c(N=Nc4c(C)c(C#N)c5nc6ccccc6n5c4O)ccc3c2O)c(N(CCCS(=O)(=O)O)CCCS(=O)(=O)O)cc1N=Nc1nnc(SCCS(=O)(=O)O)s1. The molecule has 7 rings (SSSR count). The fourth-order valence-electron chi connectivity index (χ4n) is 7.44. The van der Waals surface area contributed by atoms with Gasteiger partial charge in [-0.25, -0.2) is 4.98 Å². The molecule has 0 aliphatic heterocycles. The summed E-state index contributed by atoms with van der Waals surface area (Å²) in [6.45, 7) is 0.759. The first kappa shape index (κ1) is 57.7. The molecule has 0 saturated heterocycles. The van der Waals surface area contributed by atoms with Gasteiger partial charge in [0.25, 0.3) is 55.7 Å². The van der Waals surface area contributed by atoms with Gasteiger partial charge in [-0.05, 0) is 56.2 Å². The van der Waals surface area contributed by atoms with Crippen molar-refractivity contribution in [3.8, 4) is 23.4 Å². The Morgan fingerprint density at radius 2 is 1.35 bits per heavy atom. The van der Waals surface area contributed by atoms with Crippen molar-refractivity contribution in [3.05, 3.63) is 65.7 Å². The molecule has 408 valence electrons. The lowest BCUT2D eigenvalue weighted by Crippen LogP contribution is -2.28. The summed E-state index contributed by atoms with van der Waals surface area (Å²) in [5, 5.41) is 63.7. The van der Waals surface area contributed by atoms with Crippen LogP contribution in [0.3, 0.4) is 0 Å². The van der Waals surface area contributed by atoms with Crippen molar-refractivity contribution in [2.24, 2.45) is 30.7 Å². The van der Waals surface area contributed by atoms with Gasteiger partial charge in [-0.15, -0.1) is 40.9 Å². The molecule has 7 N–H and O–H groups in total. The third-order valence-corrected chi connectivity index (χ3v) is 17.1. The van der Waals surface area contributed by atoms with E-state index in [2.05, 4.69) is 45.9 Å². The zero-order valence-electron chi connectivity index (χ0n) is 39.2. The predicted molar refractivity (Wildman–Crippen MR) is 276 cm³/mol. The maximum Gasteiger partial charge on any atom is 0.297 e. The Labute approximate surface area is 444 Å². The van der Waals surface area contributed by atoms with Crippen LogP contribution in [-0.2, 0) is 50.6 Å². The van der Waals surface area contributed by atoms with Gasteiger partial charge in [0.05, 0.1) is 41.1 Å². The van der Waals surface area contributed by atoms with Crippen molar-refractivity contribution in [1.82, 2.24) is 19.6 Å². The van der Waals surface area contributed by atoms with E-state index in [9.17, 15) is 75.8 Å². The molecule has 3 heterocycles. The summed E-state index contributed by atoms with van der Waals surface area (Å²) in [5.41, 5.74) is -1.91. The Hall–Kier alpha value is -6.96. The topological polar surface area (TPSA) is 466 Å². The molecule has 0 spiro atoms. The van der Waals surface area contributed by atoms with Gasteiger partial charge in [-0.2, -0.15) is 47.4 Å². The number of rotatable bonds is 22. The van der Waals surface area contributed by atoms with Gasteiger partial charge in [0.2, 0.25) is 5.88 Å². The largest absolute Gasteiger partial charge is 0.505 e. The number of fused-ring (bicyclic) bond motifs is 4. The number of hydrogen-bond donors (Lipinski definition) is 7. The highest BCUT2D eigenvalue weighted by atomic mass is 32.2. The number of methoxy groups -OCH3 is 1. The number of ether oxygens (including phenoxy) is 1. The van der Waals surface area contributed by atoms with Crippen LogP contribution >= 0.6 is 23.1 Å². The maximum absolute atomic E-state index is 13.2. The van der Waals surface area contributed by atoms with Gasteiger partial charge in [0, 0.05) is 41.2 Å². The molecule has 0 amide bonds. The summed E-state index contributed by atoms with van der Waals surface area (Å²) in [4.78, 5) is 3.23. The Morgan fingerprint density at radius 3 is 1.96 bits per heavy atom. The van der Waals surface area contributed by atoms with Crippen molar-refractivity contribution in [1.29, 1.82) is 5.26 Å². The van der Waals surface area contributed by atoms with Crippen LogP contribution in [0.1, 0.15) is 24.0 Å². The third-order valence-electron chi connectivity index (χ3n) is 10.7. The van der Waals surface area contributed by atoms with E-state index in [0.717, 1.165) is 41.3 Å². The van der Waals surface area contributed by atoms with Gasteiger partial charge in [-0.1, -0.05) is 35.2 Å². The molecule has 0 radical (unpaired) electrons. The lowest BCUT2D eigenvalue weighted by Gasteiger charge is -2.26. The molecule has 0 fully saturated rings. The van der Waals surface area contributed by atoms with Crippen molar-refractivity contribution >= 4 is 140 Å². The van der Waals surface area contributed by atoms with Crippen LogP contribution in [-0.4, -0.2) is 138 Å². The summed E-state index contributed by atoms with van der Waals surface area (Å²) >= 11 is 1.79. The minimum atomic E-state index is -5.57. The molecule has 0 unspecified atom stereocenters. The first-order valence-corrected chi connectivity index (χ1v) is 30.8. The van der Waals surface area contributed by atoms with Gasteiger partial charge in [0.15, 0.2) is 21.4 Å². The van der Waals surface area contributed by atoms with E-state index in [-0.39, 0.29) is 86.4 Å². The van der Waals surface area contributed by atoms with Gasteiger partial charge < -0.3 is 19.8 Å². The molecule has 0 atom stereocenters. The number of aromatic nitrogens is 4. The number of nitrogens with zero attached hydrogens (tertiary/aromatic N) is 12. The smallest absolute Gasteiger partial charge is 0.297 e. The van der Waals surface area contributed by atoms with Gasteiger partial charge in [-0.3, -0.25) is 27.2 Å². The van der Waals surface area contributed by atoms with E-state index in [1.54, 1.807) is 24.3 Å². The number of imidazole rings is 1. The molecular formula is C40H38N12O18S7. The number of phenols is 1. The summed E-state index contributed by atoms with van der Waals surface area (Å²) < 4.78 is 178. The summed E-state index contributed by atoms with van der Waals surface area (Å²) in [7, 11) is -23.3. The lowest BCUT2D eigenvalue weighted by atomic mass is 10.1. The summed E-state index contributed by atoms with van der Waals surface area (Å²) in [5.74, 6) is -4.23. The van der Waals surface area contributed by atoms with Crippen LogP contribution in [0, 0.1) is 18.3 Å². The lowest BCUT2D eigenvalue weighted by molar-refractivity contribution is 0.416. The Balaban J connectivity index is 1.37. The Morgan fingerprint density at radius 1 is 0.727 bits per heavy atom. The molecule has 30 nitrogen and oxygen atoms in total. The average Bonchev–Trinajstić information content (AvgIpc) is 4.02. The first-order valence-electron chi connectivity index (χ1n) is 21.3. The molecule has 0 saturated carbocycles. The minimum absolute atomic E-state index is 0.0443. The van der Waals surface area contributed by atoms with E-state index in [0.29, 0.717) is 17.1 Å². The highest BCUT2D eigenvalue weighted by Gasteiger charge is 2.29. The molecule has 0 aliphatic carbocycles. The van der Waals surface area contributed by atoms with Gasteiger partial charge in [0.1, 0.15) is 49.9 Å². The number of azo groups is 3. The van der Waals surface area contributed by atoms with Crippen molar-refractivity contribution in [2.45, 2.75) is 33.9 Å². The van der Waals surface area contributed by atoms with Crippen LogP contribution in [0.15, 0.2) is 99.4 Å². The number of anilines is 1. The molecule has 37 heteroatoms. The minimum Gasteiger partial charge on any atom is -0.505 e. The van der Waals surface area contributed by atoms with Crippen LogP contribution in [0.5, 0.6) is 17.4 Å². The second kappa shape index (κ2) is 22.6. The third kappa shape index (κ3) is 13.8. The number of aromatic hydroxyl groups is 2. The van der Waals surface area contributed by atoms with Crippen LogP contribution < -0.4 is 9.64 Å². The molecule has 0 bridgehead atoms. The molecule has 77 heavy (non-hydrogen) atoms. The molecule has 3 aromatic heterocycles.